The van der Waals surface area contributed by atoms with Crippen LogP contribution in [0.15, 0.2) is 24.3 Å². The molecule has 1 aromatic carbocycles. The second kappa shape index (κ2) is 7.15. The second-order valence-corrected chi connectivity index (χ2v) is 6.64. The summed E-state index contributed by atoms with van der Waals surface area (Å²) in [6.45, 7) is 7.14. The third-order valence-electron chi connectivity index (χ3n) is 3.70. The summed E-state index contributed by atoms with van der Waals surface area (Å²) in [4.78, 5) is 11.3. The number of thiophene rings is 1. The van der Waals surface area contributed by atoms with E-state index in [1.165, 1.54) is 4.88 Å². The molecule has 0 saturated carbocycles. The normalized spacial score (nSPS) is 11.0. The quantitative estimate of drug-likeness (QED) is 0.713. The highest BCUT2D eigenvalue weighted by molar-refractivity contribution is 7.19. The summed E-state index contributed by atoms with van der Waals surface area (Å²) in [6, 6.07) is 8.10. The number of aliphatic hydroxyl groups is 1. The molecule has 0 atom stereocenters. The van der Waals surface area contributed by atoms with Crippen LogP contribution in [-0.4, -0.2) is 34.8 Å². The van der Waals surface area contributed by atoms with Gasteiger partial charge in [-0.05, 0) is 38.5 Å². The molecule has 0 aliphatic carbocycles. The van der Waals surface area contributed by atoms with Gasteiger partial charge in [0.2, 0.25) is 0 Å². The van der Waals surface area contributed by atoms with Crippen LogP contribution in [0.25, 0.3) is 21.3 Å². The molecule has 0 fully saturated rings. The van der Waals surface area contributed by atoms with Gasteiger partial charge in [0.25, 0.3) is 0 Å². The van der Waals surface area contributed by atoms with Crippen molar-refractivity contribution < 1.29 is 9.84 Å². The summed E-state index contributed by atoms with van der Waals surface area (Å²) in [6.07, 6.45) is 0. The number of nitrogens with one attached hydrogen (secondary N) is 1. The van der Waals surface area contributed by atoms with Gasteiger partial charge < -0.3 is 15.2 Å². The first-order chi connectivity index (χ1) is 11.6. The highest BCUT2D eigenvalue weighted by Crippen LogP contribution is 2.41. The standard InChI is InChI=1S/C18H21N3O2S/c1-4-23-14-7-5-13(6-8-14)15-11(2)24-18-16(15)17(19-9-10-22)20-12(3)21-18/h5-8,22H,4,9-10H2,1-3H3,(H,19,20,21). The topological polar surface area (TPSA) is 67.3 Å². The number of aryl methyl sites for hydroxylation is 2. The second-order valence-electron chi connectivity index (χ2n) is 5.44. The van der Waals surface area contributed by atoms with Gasteiger partial charge in [0, 0.05) is 17.0 Å². The lowest BCUT2D eigenvalue weighted by Gasteiger charge is -2.10. The number of fused-ring (bicyclic) bond motifs is 1. The van der Waals surface area contributed by atoms with Crippen molar-refractivity contribution in [2.45, 2.75) is 20.8 Å². The third kappa shape index (κ3) is 3.20. The van der Waals surface area contributed by atoms with Gasteiger partial charge in [0.1, 0.15) is 22.2 Å². The molecule has 0 saturated heterocycles. The van der Waals surface area contributed by atoms with Gasteiger partial charge in [-0.1, -0.05) is 12.1 Å². The Morgan fingerprint density at radius 1 is 1.17 bits per heavy atom. The van der Waals surface area contributed by atoms with Crippen LogP contribution in [-0.2, 0) is 0 Å². The van der Waals surface area contributed by atoms with Gasteiger partial charge in [-0.15, -0.1) is 11.3 Å². The fourth-order valence-electron chi connectivity index (χ4n) is 2.75. The Morgan fingerprint density at radius 2 is 1.92 bits per heavy atom. The Balaban J connectivity index is 2.14. The Kier molecular flexibility index (Phi) is 4.97. The van der Waals surface area contributed by atoms with Crippen molar-refractivity contribution in [3.8, 4) is 16.9 Å². The summed E-state index contributed by atoms with van der Waals surface area (Å²) in [7, 11) is 0. The van der Waals surface area contributed by atoms with Gasteiger partial charge in [0.15, 0.2) is 0 Å². The number of aromatic nitrogens is 2. The number of benzene rings is 1. The molecule has 0 amide bonds. The molecule has 0 spiro atoms. The van der Waals surface area contributed by atoms with Crippen LogP contribution in [0.2, 0.25) is 0 Å². The molecule has 0 radical (unpaired) electrons. The minimum atomic E-state index is 0.0616. The van der Waals surface area contributed by atoms with E-state index in [4.69, 9.17) is 9.84 Å². The molecule has 0 bridgehead atoms. The fourth-order valence-corrected chi connectivity index (χ4v) is 3.84. The predicted molar refractivity (Wildman–Crippen MR) is 99.1 cm³/mol. The smallest absolute Gasteiger partial charge is 0.139 e. The van der Waals surface area contributed by atoms with Crippen LogP contribution < -0.4 is 10.1 Å². The lowest BCUT2D eigenvalue weighted by atomic mass is 10.0. The number of aliphatic hydroxyl groups excluding tert-OH is 1. The molecule has 3 rings (SSSR count). The number of anilines is 1. The number of hydrogen-bond acceptors (Lipinski definition) is 6. The average molecular weight is 343 g/mol. The number of hydrogen-bond donors (Lipinski definition) is 2. The molecule has 3 aromatic rings. The lowest BCUT2D eigenvalue weighted by molar-refractivity contribution is 0.311. The molecule has 2 heterocycles. The van der Waals surface area contributed by atoms with Gasteiger partial charge in [0.05, 0.1) is 18.6 Å². The summed E-state index contributed by atoms with van der Waals surface area (Å²) >= 11 is 1.66. The number of nitrogens with zero attached hydrogens (tertiary/aromatic N) is 2. The zero-order valence-corrected chi connectivity index (χ0v) is 14.9. The van der Waals surface area contributed by atoms with Crippen molar-refractivity contribution in [2.24, 2.45) is 0 Å². The Hall–Kier alpha value is -2.18. The zero-order chi connectivity index (χ0) is 17.1. The maximum absolute atomic E-state index is 9.12. The van der Waals surface area contributed by atoms with E-state index in [1.807, 2.05) is 26.0 Å². The molecule has 0 aliphatic rings. The van der Waals surface area contributed by atoms with Gasteiger partial charge in [-0.3, -0.25) is 0 Å². The molecular weight excluding hydrogens is 322 g/mol. The number of rotatable bonds is 6. The van der Waals surface area contributed by atoms with E-state index in [-0.39, 0.29) is 6.61 Å². The minimum Gasteiger partial charge on any atom is -0.494 e. The first kappa shape index (κ1) is 16.7. The first-order valence-corrected chi connectivity index (χ1v) is 8.81. The molecule has 126 valence electrons. The van der Waals surface area contributed by atoms with Crippen LogP contribution in [0.1, 0.15) is 17.6 Å². The Bertz CT molecular complexity index is 844. The Labute approximate surface area is 145 Å². The van der Waals surface area contributed by atoms with Gasteiger partial charge >= 0.3 is 0 Å². The summed E-state index contributed by atoms with van der Waals surface area (Å²) in [5.74, 6) is 2.37. The van der Waals surface area contributed by atoms with Crippen molar-refractivity contribution in [1.82, 2.24) is 9.97 Å². The van der Waals surface area contributed by atoms with E-state index in [2.05, 4.69) is 34.3 Å². The van der Waals surface area contributed by atoms with E-state index in [1.54, 1.807) is 11.3 Å². The van der Waals surface area contributed by atoms with Gasteiger partial charge in [-0.2, -0.15) is 0 Å². The van der Waals surface area contributed by atoms with E-state index in [0.29, 0.717) is 13.2 Å². The van der Waals surface area contributed by atoms with Crippen molar-refractivity contribution in [1.29, 1.82) is 0 Å². The van der Waals surface area contributed by atoms with Crippen LogP contribution in [0.4, 0.5) is 5.82 Å². The largest absolute Gasteiger partial charge is 0.494 e. The first-order valence-electron chi connectivity index (χ1n) is 7.99. The van der Waals surface area contributed by atoms with E-state index in [0.717, 1.165) is 38.7 Å². The minimum absolute atomic E-state index is 0.0616. The molecular formula is C18H21N3O2S. The number of ether oxygens (including phenoxy) is 1. The monoisotopic (exact) mass is 343 g/mol. The molecule has 0 unspecified atom stereocenters. The van der Waals surface area contributed by atoms with Crippen LogP contribution in [0.3, 0.4) is 0 Å². The fraction of sp³-hybridized carbons (Fsp3) is 0.333. The zero-order valence-electron chi connectivity index (χ0n) is 14.1. The molecule has 2 aromatic heterocycles. The van der Waals surface area contributed by atoms with E-state index in [9.17, 15) is 0 Å². The third-order valence-corrected chi connectivity index (χ3v) is 4.70. The van der Waals surface area contributed by atoms with Crippen molar-refractivity contribution in [2.75, 3.05) is 25.1 Å². The predicted octanol–water partition coefficient (Wildman–Crippen LogP) is 3.78. The van der Waals surface area contributed by atoms with Gasteiger partial charge in [-0.25, -0.2) is 9.97 Å². The molecule has 24 heavy (non-hydrogen) atoms. The highest BCUT2D eigenvalue weighted by atomic mass is 32.1. The average Bonchev–Trinajstić information content (AvgIpc) is 2.89. The molecule has 6 heteroatoms. The van der Waals surface area contributed by atoms with Crippen LogP contribution in [0, 0.1) is 13.8 Å². The van der Waals surface area contributed by atoms with Crippen LogP contribution in [0.5, 0.6) is 5.75 Å². The molecule has 5 nitrogen and oxygen atoms in total. The van der Waals surface area contributed by atoms with Crippen molar-refractivity contribution in [3.63, 3.8) is 0 Å². The van der Waals surface area contributed by atoms with E-state index >= 15 is 0 Å². The van der Waals surface area contributed by atoms with Crippen LogP contribution >= 0.6 is 11.3 Å². The summed E-state index contributed by atoms with van der Waals surface area (Å²) in [5.41, 5.74) is 2.25. The van der Waals surface area contributed by atoms with Crippen molar-refractivity contribution in [3.05, 3.63) is 35.0 Å². The SMILES string of the molecule is CCOc1ccc(-c2c(C)sc3nc(C)nc(NCCO)c23)cc1. The maximum Gasteiger partial charge on any atom is 0.139 e. The van der Waals surface area contributed by atoms with E-state index < -0.39 is 0 Å². The Morgan fingerprint density at radius 3 is 2.58 bits per heavy atom. The maximum atomic E-state index is 9.12. The molecule has 0 aliphatic heterocycles. The van der Waals surface area contributed by atoms with Crippen molar-refractivity contribution >= 4 is 27.4 Å². The highest BCUT2D eigenvalue weighted by Gasteiger charge is 2.17. The summed E-state index contributed by atoms with van der Waals surface area (Å²) in [5, 5.41) is 13.4. The lowest BCUT2D eigenvalue weighted by Crippen LogP contribution is -2.08. The molecule has 2 N–H and O–H groups in total. The summed E-state index contributed by atoms with van der Waals surface area (Å²) < 4.78 is 5.53.